The Morgan fingerprint density at radius 1 is 1.50 bits per heavy atom. The van der Waals surface area contributed by atoms with Crippen molar-refractivity contribution in [1.29, 1.82) is 0 Å². The molecule has 1 fully saturated rings. The van der Waals surface area contributed by atoms with E-state index in [1.165, 1.54) is 0 Å². The molecule has 1 aliphatic rings. The Kier molecular flexibility index (Phi) is 5.77. The lowest BCUT2D eigenvalue weighted by atomic mass is 9.93. The summed E-state index contributed by atoms with van der Waals surface area (Å²) in [7, 11) is 1.66. The molecular formula is C12H24N2O2. The number of nitrogens with one attached hydrogen (secondary N) is 1. The van der Waals surface area contributed by atoms with Crippen LogP contribution in [0.2, 0.25) is 0 Å². The van der Waals surface area contributed by atoms with Gasteiger partial charge < -0.3 is 15.0 Å². The van der Waals surface area contributed by atoms with Gasteiger partial charge in [-0.05, 0) is 25.7 Å². The van der Waals surface area contributed by atoms with Crippen molar-refractivity contribution in [1.82, 2.24) is 10.2 Å². The van der Waals surface area contributed by atoms with Crippen molar-refractivity contribution in [2.24, 2.45) is 5.92 Å². The zero-order valence-corrected chi connectivity index (χ0v) is 10.7. The fourth-order valence-corrected chi connectivity index (χ4v) is 2.25. The zero-order chi connectivity index (χ0) is 12.0. The maximum Gasteiger partial charge on any atom is 0.236 e. The molecule has 1 heterocycles. The van der Waals surface area contributed by atoms with Crippen molar-refractivity contribution in [3.63, 3.8) is 0 Å². The molecule has 0 bridgehead atoms. The van der Waals surface area contributed by atoms with Crippen LogP contribution >= 0.6 is 0 Å². The number of ether oxygens (including phenoxy) is 1. The van der Waals surface area contributed by atoms with Gasteiger partial charge in [-0.3, -0.25) is 4.79 Å². The van der Waals surface area contributed by atoms with Crippen LogP contribution < -0.4 is 5.32 Å². The van der Waals surface area contributed by atoms with Crippen LogP contribution in [0.1, 0.15) is 26.7 Å². The molecule has 1 rings (SSSR count). The van der Waals surface area contributed by atoms with Crippen LogP contribution in [0.4, 0.5) is 0 Å². The van der Waals surface area contributed by atoms with E-state index in [0.717, 1.165) is 31.8 Å². The molecule has 0 saturated carbocycles. The largest absolute Gasteiger partial charge is 0.383 e. The Bertz CT molecular complexity index is 221. The molecule has 0 aromatic heterocycles. The highest BCUT2D eigenvalue weighted by Crippen LogP contribution is 2.21. The number of hydrogen-bond donors (Lipinski definition) is 1. The van der Waals surface area contributed by atoms with E-state index >= 15 is 0 Å². The molecule has 0 spiro atoms. The Hall–Kier alpha value is -0.610. The Morgan fingerprint density at radius 3 is 2.88 bits per heavy atom. The van der Waals surface area contributed by atoms with Crippen molar-refractivity contribution in [3.8, 4) is 0 Å². The van der Waals surface area contributed by atoms with Crippen LogP contribution in [0.15, 0.2) is 0 Å². The van der Waals surface area contributed by atoms with E-state index in [2.05, 4.69) is 19.2 Å². The number of likely N-dealkylation sites (tertiary alicyclic amines) is 1. The molecular weight excluding hydrogens is 204 g/mol. The van der Waals surface area contributed by atoms with E-state index in [1.54, 1.807) is 7.11 Å². The van der Waals surface area contributed by atoms with Gasteiger partial charge in [0.25, 0.3) is 0 Å². The van der Waals surface area contributed by atoms with Crippen molar-refractivity contribution < 1.29 is 9.53 Å². The van der Waals surface area contributed by atoms with Crippen LogP contribution in [0.25, 0.3) is 0 Å². The van der Waals surface area contributed by atoms with Crippen LogP contribution in [0.3, 0.4) is 0 Å². The van der Waals surface area contributed by atoms with E-state index in [-0.39, 0.29) is 5.91 Å². The Balaban J connectivity index is 2.25. The summed E-state index contributed by atoms with van der Waals surface area (Å²) in [6, 6.07) is 0.389. The lowest BCUT2D eigenvalue weighted by molar-refractivity contribution is -0.134. The first-order valence-corrected chi connectivity index (χ1v) is 6.14. The van der Waals surface area contributed by atoms with Gasteiger partial charge in [0.15, 0.2) is 0 Å². The zero-order valence-electron chi connectivity index (χ0n) is 10.7. The summed E-state index contributed by atoms with van der Waals surface area (Å²) in [5.41, 5.74) is 0. The smallest absolute Gasteiger partial charge is 0.236 e. The van der Waals surface area contributed by atoms with Crippen molar-refractivity contribution >= 4 is 5.91 Å². The van der Waals surface area contributed by atoms with E-state index in [9.17, 15) is 4.79 Å². The molecule has 0 radical (unpaired) electrons. The van der Waals surface area contributed by atoms with Crippen molar-refractivity contribution in [2.45, 2.75) is 32.7 Å². The van der Waals surface area contributed by atoms with Crippen molar-refractivity contribution in [3.05, 3.63) is 0 Å². The Labute approximate surface area is 98.3 Å². The summed E-state index contributed by atoms with van der Waals surface area (Å²) >= 11 is 0. The average molecular weight is 228 g/mol. The molecule has 1 aliphatic heterocycles. The number of rotatable bonds is 5. The molecule has 1 N–H and O–H groups in total. The summed E-state index contributed by atoms with van der Waals surface area (Å²) in [5, 5.41) is 3.10. The molecule has 16 heavy (non-hydrogen) atoms. The minimum absolute atomic E-state index is 0.218. The fourth-order valence-electron chi connectivity index (χ4n) is 2.25. The molecule has 0 aromatic carbocycles. The second-order valence-electron chi connectivity index (χ2n) is 4.74. The van der Waals surface area contributed by atoms with E-state index in [4.69, 9.17) is 4.74 Å². The monoisotopic (exact) mass is 228 g/mol. The standard InChI is InChI=1S/C12H24N2O2/c1-10-4-6-14(11(2)8-10)12(15)9-13-5-7-16-3/h10-11,13H,4-9H2,1-3H3. The van der Waals surface area contributed by atoms with Gasteiger partial charge in [-0.2, -0.15) is 0 Å². The van der Waals surface area contributed by atoms with Gasteiger partial charge in [-0.15, -0.1) is 0 Å². The molecule has 1 saturated heterocycles. The van der Waals surface area contributed by atoms with Crippen LogP contribution in [-0.2, 0) is 9.53 Å². The summed E-state index contributed by atoms with van der Waals surface area (Å²) in [4.78, 5) is 13.9. The summed E-state index contributed by atoms with van der Waals surface area (Å²) in [5.74, 6) is 0.969. The average Bonchev–Trinajstić information content (AvgIpc) is 2.24. The van der Waals surface area contributed by atoms with Gasteiger partial charge >= 0.3 is 0 Å². The highest BCUT2D eigenvalue weighted by atomic mass is 16.5. The second kappa shape index (κ2) is 6.86. The number of amides is 1. The maximum absolute atomic E-state index is 11.9. The van der Waals surface area contributed by atoms with Gasteiger partial charge in [0.1, 0.15) is 0 Å². The predicted octanol–water partition coefficient (Wildman–Crippen LogP) is 0.869. The van der Waals surface area contributed by atoms with Crippen LogP contribution in [0.5, 0.6) is 0 Å². The minimum Gasteiger partial charge on any atom is -0.383 e. The topological polar surface area (TPSA) is 41.6 Å². The SMILES string of the molecule is COCCNCC(=O)N1CCC(C)CC1C. The molecule has 4 heteroatoms. The third-order valence-electron chi connectivity index (χ3n) is 3.22. The fraction of sp³-hybridized carbons (Fsp3) is 0.917. The highest BCUT2D eigenvalue weighted by Gasteiger charge is 2.25. The van der Waals surface area contributed by atoms with Crippen LogP contribution in [0, 0.1) is 5.92 Å². The number of carbonyl (C=O) groups excluding carboxylic acids is 1. The number of nitrogens with zero attached hydrogens (tertiary/aromatic N) is 1. The Morgan fingerprint density at radius 2 is 2.25 bits per heavy atom. The van der Waals surface area contributed by atoms with E-state index in [1.807, 2.05) is 4.90 Å². The third kappa shape index (κ3) is 4.10. The first-order valence-electron chi connectivity index (χ1n) is 6.14. The molecule has 94 valence electrons. The van der Waals surface area contributed by atoms with Gasteiger partial charge in [-0.25, -0.2) is 0 Å². The van der Waals surface area contributed by atoms with E-state index in [0.29, 0.717) is 19.2 Å². The van der Waals surface area contributed by atoms with E-state index < -0.39 is 0 Å². The molecule has 0 aromatic rings. The van der Waals surface area contributed by atoms with Gasteiger partial charge in [0.2, 0.25) is 5.91 Å². The van der Waals surface area contributed by atoms with Gasteiger partial charge in [0, 0.05) is 26.2 Å². The van der Waals surface area contributed by atoms with Crippen LogP contribution in [-0.4, -0.2) is 50.2 Å². The lowest BCUT2D eigenvalue weighted by Crippen LogP contribution is -2.47. The first kappa shape index (κ1) is 13.5. The molecule has 4 nitrogen and oxygen atoms in total. The third-order valence-corrected chi connectivity index (χ3v) is 3.22. The molecule has 0 aliphatic carbocycles. The highest BCUT2D eigenvalue weighted by molar-refractivity contribution is 5.78. The molecule has 2 atom stereocenters. The summed E-state index contributed by atoms with van der Waals surface area (Å²) < 4.78 is 4.92. The maximum atomic E-state index is 11.9. The second-order valence-corrected chi connectivity index (χ2v) is 4.74. The van der Waals surface area contributed by atoms with Gasteiger partial charge in [0.05, 0.1) is 13.2 Å². The normalized spacial score (nSPS) is 25.8. The number of methoxy groups -OCH3 is 1. The number of carbonyl (C=O) groups is 1. The summed E-state index contributed by atoms with van der Waals surface area (Å²) in [6.45, 7) is 7.13. The minimum atomic E-state index is 0.218. The lowest BCUT2D eigenvalue weighted by Gasteiger charge is -2.36. The predicted molar refractivity (Wildman–Crippen MR) is 64.3 cm³/mol. The number of hydrogen-bond acceptors (Lipinski definition) is 3. The molecule has 2 unspecified atom stereocenters. The quantitative estimate of drug-likeness (QED) is 0.710. The summed E-state index contributed by atoms with van der Waals surface area (Å²) in [6.07, 6.45) is 2.26. The van der Waals surface area contributed by atoms with Crippen molar-refractivity contribution in [2.75, 3.05) is 33.4 Å². The number of piperidine rings is 1. The first-order chi connectivity index (χ1) is 7.65. The van der Waals surface area contributed by atoms with Gasteiger partial charge in [-0.1, -0.05) is 6.92 Å². The molecule has 1 amide bonds.